The zero-order chi connectivity index (χ0) is 14.6. The van der Waals surface area contributed by atoms with E-state index < -0.39 is 12.0 Å². The van der Waals surface area contributed by atoms with Crippen LogP contribution in [0.15, 0.2) is 29.4 Å². The van der Waals surface area contributed by atoms with Crippen LogP contribution in [0.25, 0.3) is 0 Å². The average Bonchev–Trinajstić information content (AvgIpc) is 2.42. The molecule has 0 radical (unpaired) electrons. The van der Waals surface area contributed by atoms with E-state index in [1.165, 1.54) is 24.3 Å². The third-order valence-electron chi connectivity index (χ3n) is 3.19. The van der Waals surface area contributed by atoms with Crippen LogP contribution in [0.3, 0.4) is 0 Å². The average molecular weight is 284 g/mol. The van der Waals surface area contributed by atoms with E-state index in [-0.39, 0.29) is 43.2 Å². The second kappa shape index (κ2) is 5.94. The molecule has 1 N–H and O–H groups in total. The van der Waals surface area contributed by atoms with Gasteiger partial charge in [-0.25, -0.2) is 13.6 Å². The number of nitroso groups, excluding NO2 is 1. The zero-order valence-electron chi connectivity index (χ0n) is 10.6. The number of nitrogens with one attached hydrogen (secondary N) is 1. The van der Waals surface area contributed by atoms with Crippen LogP contribution in [-0.4, -0.2) is 18.1 Å². The van der Waals surface area contributed by atoms with E-state index in [1.54, 1.807) is 0 Å². The zero-order valence-corrected chi connectivity index (χ0v) is 10.6. The van der Waals surface area contributed by atoms with Crippen molar-refractivity contribution in [1.82, 2.24) is 5.32 Å². The molecule has 0 aromatic heterocycles. The van der Waals surface area contributed by atoms with Crippen molar-refractivity contribution < 1.29 is 18.3 Å². The van der Waals surface area contributed by atoms with Gasteiger partial charge >= 0.3 is 6.09 Å². The lowest BCUT2D eigenvalue weighted by Gasteiger charge is -2.28. The topological polar surface area (TPSA) is 67.8 Å². The third-order valence-corrected chi connectivity index (χ3v) is 3.19. The molecule has 7 heteroatoms. The van der Waals surface area contributed by atoms with E-state index in [0.29, 0.717) is 0 Å². The molecule has 1 aliphatic rings. The molecule has 1 fully saturated rings. The van der Waals surface area contributed by atoms with E-state index >= 15 is 0 Å². The highest BCUT2D eigenvalue weighted by molar-refractivity contribution is 5.70. The van der Waals surface area contributed by atoms with Gasteiger partial charge in [0.2, 0.25) is 5.92 Å². The Hall–Kier alpha value is -2.05. The largest absolute Gasteiger partial charge is 0.412 e. The van der Waals surface area contributed by atoms with Crippen molar-refractivity contribution in [3.05, 3.63) is 29.2 Å². The van der Waals surface area contributed by atoms with Crippen LogP contribution in [0.1, 0.15) is 25.7 Å². The first-order chi connectivity index (χ1) is 9.48. The van der Waals surface area contributed by atoms with Gasteiger partial charge in [-0.3, -0.25) is 0 Å². The van der Waals surface area contributed by atoms with Crippen molar-refractivity contribution in [2.24, 2.45) is 5.18 Å². The van der Waals surface area contributed by atoms with Crippen molar-refractivity contribution in [3.63, 3.8) is 0 Å². The summed E-state index contributed by atoms with van der Waals surface area (Å²) in [5.74, 6) is -2.37. The highest BCUT2D eigenvalue weighted by Crippen LogP contribution is 2.33. The second-order valence-electron chi connectivity index (χ2n) is 4.75. The smallest absolute Gasteiger partial charge is 0.410 e. The van der Waals surface area contributed by atoms with Gasteiger partial charge < -0.3 is 10.1 Å². The lowest BCUT2D eigenvalue weighted by molar-refractivity contribution is -0.0399. The summed E-state index contributed by atoms with van der Waals surface area (Å²) in [5, 5.41) is 5.27. The van der Waals surface area contributed by atoms with Crippen LogP contribution in [0.5, 0.6) is 5.75 Å². The summed E-state index contributed by atoms with van der Waals surface area (Å²) in [6.45, 7) is 0. The molecular formula is C13H14F2N2O3. The van der Waals surface area contributed by atoms with Crippen molar-refractivity contribution >= 4 is 11.8 Å². The van der Waals surface area contributed by atoms with Gasteiger partial charge in [0, 0.05) is 18.9 Å². The fourth-order valence-electron chi connectivity index (χ4n) is 2.06. The molecule has 5 nitrogen and oxygen atoms in total. The number of alkyl halides is 2. The van der Waals surface area contributed by atoms with E-state index in [2.05, 4.69) is 10.5 Å². The van der Waals surface area contributed by atoms with Gasteiger partial charge in [0.25, 0.3) is 0 Å². The summed E-state index contributed by atoms with van der Waals surface area (Å²) < 4.78 is 30.9. The maximum Gasteiger partial charge on any atom is 0.412 e. The van der Waals surface area contributed by atoms with E-state index in [4.69, 9.17) is 4.74 Å². The summed E-state index contributed by atoms with van der Waals surface area (Å²) in [5.41, 5.74) is 0.229. The lowest BCUT2D eigenvalue weighted by Crippen LogP contribution is -2.41. The van der Waals surface area contributed by atoms with Gasteiger partial charge in [0.15, 0.2) is 0 Å². The Morgan fingerprint density at radius 3 is 2.40 bits per heavy atom. The molecule has 1 saturated carbocycles. The van der Waals surface area contributed by atoms with Gasteiger partial charge in [-0.2, -0.15) is 0 Å². The molecule has 20 heavy (non-hydrogen) atoms. The quantitative estimate of drug-likeness (QED) is 0.859. The van der Waals surface area contributed by atoms with Gasteiger partial charge in [0.1, 0.15) is 11.4 Å². The predicted octanol–water partition coefficient (Wildman–Crippen LogP) is 3.75. The highest BCUT2D eigenvalue weighted by Gasteiger charge is 2.35. The number of halogens is 2. The number of amides is 1. The predicted molar refractivity (Wildman–Crippen MR) is 68.3 cm³/mol. The lowest BCUT2D eigenvalue weighted by atomic mass is 9.92. The van der Waals surface area contributed by atoms with Crippen LogP contribution in [0.2, 0.25) is 0 Å². The minimum absolute atomic E-state index is 0.225. The Bertz CT molecular complexity index is 481. The first-order valence-corrected chi connectivity index (χ1v) is 6.28. The molecule has 1 aliphatic carbocycles. The fraction of sp³-hybridized carbons (Fsp3) is 0.462. The van der Waals surface area contributed by atoms with Gasteiger partial charge in [-0.15, -0.1) is 4.91 Å². The summed E-state index contributed by atoms with van der Waals surface area (Å²) >= 11 is 0. The summed E-state index contributed by atoms with van der Waals surface area (Å²) in [6.07, 6.45) is -0.673. The molecule has 0 atom stereocenters. The normalized spacial score (nSPS) is 18.3. The second-order valence-corrected chi connectivity index (χ2v) is 4.75. The van der Waals surface area contributed by atoms with Crippen molar-refractivity contribution in [3.8, 4) is 5.75 Å². The maximum atomic E-state index is 13.0. The van der Waals surface area contributed by atoms with E-state index in [0.717, 1.165) is 0 Å². The fourth-order valence-corrected chi connectivity index (χ4v) is 2.06. The molecule has 2 rings (SSSR count). The minimum atomic E-state index is -2.63. The van der Waals surface area contributed by atoms with Crippen molar-refractivity contribution in [1.29, 1.82) is 0 Å². The van der Waals surface area contributed by atoms with Crippen molar-refractivity contribution in [2.75, 3.05) is 0 Å². The molecule has 0 bridgehead atoms. The monoisotopic (exact) mass is 284 g/mol. The summed E-state index contributed by atoms with van der Waals surface area (Å²) in [7, 11) is 0. The number of benzene rings is 1. The molecule has 0 saturated heterocycles. The van der Waals surface area contributed by atoms with Crippen molar-refractivity contribution in [2.45, 2.75) is 37.6 Å². The molecule has 0 aliphatic heterocycles. The minimum Gasteiger partial charge on any atom is -0.410 e. The highest BCUT2D eigenvalue weighted by atomic mass is 19.3. The Kier molecular flexibility index (Phi) is 4.26. The number of rotatable bonds is 3. The summed E-state index contributed by atoms with van der Waals surface area (Å²) in [4.78, 5) is 21.8. The number of nitrogens with zero attached hydrogens (tertiary/aromatic N) is 1. The molecule has 108 valence electrons. The molecule has 1 amide bonds. The standard InChI is InChI=1S/C13H14F2N2O3/c14-13(15)7-5-9(6-8-13)16-12(18)20-11-3-1-10(17-19)2-4-11/h1-4,9H,5-8H2,(H,16,18). The Morgan fingerprint density at radius 1 is 1.25 bits per heavy atom. The Labute approximate surface area is 114 Å². The van der Waals surface area contributed by atoms with Crippen LogP contribution >= 0.6 is 0 Å². The number of carbonyl (C=O) groups is 1. The maximum absolute atomic E-state index is 13.0. The molecule has 1 aromatic carbocycles. The van der Waals surface area contributed by atoms with Gasteiger partial charge in [-0.05, 0) is 42.3 Å². The van der Waals surface area contributed by atoms with E-state index in [1.807, 2.05) is 0 Å². The van der Waals surface area contributed by atoms with Crippen LogP contribution in [0.4, 0.5) is 19.3 Å². The molecular weight excluding hydrogens is 270 g/mol. The number of hydrogen-bond acceptors (Lipinski definition) is 4. The van der Waals surface area contributed by atoms with Gasteiger partial charge in [-0.1, -0.05) is 0 Å². The van der Waals surface area contributed by atoms with Crippen LogP contribution in [-0.2, 0) is 0 Å². The van der Waals surface area contributed by atoms with Crippen LogP contribution < -0.4 is 10.1 Å². The third kappa shape index (κ3) is 3.97. The Morgan fingerprint density at radius 2 is 1.85 bits per heavy atom. The van der Waals surface area contributed by atoms with E-state index in [9.17, 15) is 18.5 Å². The first kappa shape index (κ1) is 14.4. The number of carbonyl (C=O) groups excluding carboxylic acids is 1. The first-order valence-electron chi connectivity index (χ1n) is 6.28. The summed E-state index contributed by atoms with van der Waals surface area (Å²) in [6, 6.07) is 5.41. The number of ether oxygens (including phenoxy) is 1. The Balaban J connectivity index is 1.82. The van der Waals surface area contributed by atoms with Gasteiger partial charge in [0.05, 0.1) is 0 Å². The van der Waals surface area contributed by atoms with Crippen LogP contribution in [0, 0.1) is 4.91 Å². The molecule has 0 unspecified atom stereocenters. The molecule has 1 aromatic rings. The molecule has 0 heterocycles. The number of hydrogen-bond donors (Lipinski definition) is 1. The molecule has 0 spiro atoms. The SMILES string of the molecule is O=Nc1ccc(OC(=O)NC2CCC(F)(F)CC2)cc1.